The third-order valence-corrected chi connectivity index (χ3v) is 7.42. The summed E-state index contributed by atoms with van der Waals surface area (Å²) in [5.74, 6) is 0.458. The Kier molecular flexibility index (Phi) is 5.85. The maximum absolute atomic E-state index is 13.5. The number of likely N-dealkylation sites (tertiary alicyclic amines) is 1. The summed E-state index contributed by atoms with van der Waals surface area (Å²) >= 11 is 6.37. The average molecular weight is 436 g/mol. The summed E-state index contributed by atoms with van der Waals surface area (Å²) in [5, 5.41) is 3.91. The quantitative estimate of drug-likeness (QED) is 0.672. The Bertz CT molecular complexity index is 973. The fraction of sp³-hybridized carbons (Fsp3) is 0.462. The molecule has 1 saturated carbocycles. The first-order valence-corrected chi connectivity index (χ1v) is 12.0. The Hall–Kier alpha value is -2.17. The van der Waals surface area contributed by atoms with Crippen molar-refractivity contribution in [3.8, 4) is 0 Å². The summed E-state index contributed by atoms with van der Waals surface area (Å²) < 4.78 is 0. The number of piperidine rings is 1. The van der Waals surface area contributed by atoms with Crippen molar-refractivity contribution in [3.05, 3.63) is 64.7 Å². The van der Waals surface area contributed by atoms with E-state index in [2.05, 4.69) is 40.5 Å². The van der Waals surface area contributed by atoms with E-state index in [0.717, 1.165) is 62.3 Å². The highest BCUT2D eigenvalue weighted by Crippen LogP contribution is 2.38. The fourth-order valence-corrected chi connectivity index (χ4v) is 5.54. The highest BCUT2D eigenvalue weighted by molar-refractivity contribution is 6.31. The summed E-state index contributed by atoms with van der Waals surface area (Å²) in [6, 6.07) is 16.4. The lowest BCUT2D eigenvalue weighted by Crippen LogP contribution is -2.50. The minimum absolute atomic E-state index is 0.0428. The van der Waals surface area contributed by atoms with Gasteiger partial charge >= 0.3 is 0 Å². The SMILES string of the molecule is O=C1Nc2ccc(Cl)cc2C(C2CCCCC2)=NC12CCN(Cc1ccccc1)CC2. The number of carbonyl (C=O) groups excluding carboxylic acids is 1. The van der Waals surface area contributed by atoms with Gasteiger partial charge in [0.2, 0.25) is 0 Å². The molecule has 5 heteroatoms. The second kappa shape index (κ2) is 8.76. The van der Waals surface area contributed by atoms with Crippen LogP contribution in [0, 0.1) is 5.92 Å². The molecule has 162 valence electrons. The van der Waals surface area contributed by atoms with E-state index >= 15 is 0 Å². The molecular formula is C26H30ClN3O. The van der Waals surface area contributed by atoms with Crippen LogP contribution in [0.25, 0.3) is 0 Å². The van der Waals surface area contributed by atoms with Crippen LogP contribution in [0.3, 0.4) is 0 Å². The summed E-state index contributed by atoms with van der Waals surface area (Å²) in [6.45, 7) is 2.68. The molecule has 1 saturated heterocycles. The Balaban J connectivity index is 1.44. The third kappa shape index (κ3) is 4.28. The molecule has 4 nitrogen and oxygen atoms in total. The number of hydrogen-bond donors (Lipinski definition) is 1. The molecular weight excluding hydrogens is 406 g/mol. The molecule has 2 aromatic rings. The van der Waals surface area contributed by atoms with Gasteiger partial charge in [-0.2, -0.15) is 0 Å². The van der Waals surface area contributed by atoms with E-state index < -0.39 is 5.54 Å². The number of aliphatic imine (C=N–C) groups is 1. The Labute approximate surface area is 189 Å². The molecule has 31 heavy (non-hydrogen) atoms. The predicted molar refractivity (Wildman–Crippen MR) is 127 cm³/mol. The van der Waals surface area contributed by atoms with Crippen LogP contribution in [-0.2, 0) is 11.3 Å². The van der Waals surface area contributed by atoms with Crippen molar-refractivity contribution in [2.45, 2.75) is 57.0 Å². The Morgan fingerprint density at radius 2 is 1.77 bits per heavy atom. The standard InChI is InChI=1S/C26H30ClN3O/c27-21-11-12-23-22(17-21)24(20-9-5-2-6-10-20)29-26(25(31)28-23)13-15-30(16-14-26)18-19-7-3-1-4-8-19/h1,3-4,7-8,11-12,17,20H,2,5-6,9-10,13-16,18H2,(H,28,31). The van der Waals surface area contributed by atoms with Gasteiger partial charge in [0.25, 0.3) is 5.91 Å². The molecule has 0 radical (unpaired) electrons. The monoisotopic (exact) mass is 435 g/mol. The minimum Gasteiger partial charge on any atom is -0.323 e. The van der Waals surface area contributed by atoms with E-state index in [4.69, 9.17) is 16.6 Å². The lowest BCUT2D eigenvalue weighted by Gasteiger charge is -2.38. The fourth-order valence-electron chi connectivity index (χ4n) is 5.37. The zero-order valence-electron chi connectivity index (χ0n) is 17.9. The van der Waals surface area contributed by atoms with Crippen LogP contribution in [0.15, 0.2) is 53.5 Å². The smallest absolute Gasteiger partial charge is 0.252 e. The summed E-state index contributed by atoms with van der Waals surface area (Å²) in [7, 11) is 0. The lowest BCUT2D eigenvalue weighted by molar-refractivity contribution is -0.122. The molecule has 3 aliphatic rings. The van der Waals surface area contributed by atoms with Gasteiger partial charge in [-0.1, -0.05) is 61.2 Å². The van der Waals surface area contributed by atoms with E-state index in [1.807, 2.05) is 18.2 Å². The van der Waals surface area contributed by atoms with E-state index in [9.17, 15) is 4.79 Å². The number of benzene rings is 2. The number of rotatable bonds is 3. The molecule has 0 aromatic heterocycles. The molecule has 0 atom stereocenters. The zero-order valence-corrected chi connectivity index (χ0v) is 18.7. The van der Waals surface area contributed by atoms with Crippen molar-refractivity contribution < 1.29 is 4.79 Å². The number of carbonyl (C=O) groups is 1. The normalized spacial score (nSPS) is 21.8. The van der Waals surface area contributed by atoms with Gasteiger partial charge in [0.1, 0.15) is 5.54 Å². The number of nitrogens with zero attached hydrogens (tertiary/aromatic N) is 2. The first-order chi connectivity index (χ1) is 15.1. The molecule has 2 heterocycles. The van der Waals surface area contributed by atoms with Crippen molar-refractivity contribution in [2.75, 3.05) is 18.4 Å². The summed E-state index contributed by atoms with van der Waals surface area (Å²) in [5.41, 5.74) is 3.63. The average Bonchev–Trinajstić information content (AvgIpc) is 2.92. The van der Waals surface area contributed by atoms with Crippen LogP contribution in [0.5, 0.6) is 0 Å². The minimum atomic E-state index is -0.675. The van der Waals surface area contributed by atoms with E-state index in [0.29, 0.717) is 10.9 Å². The van der Waals surface area contributed by atoms with Crippen LogP contribution in [0.4, 0.5) is 5.69 Å². The number of fused-ring (bicyclic) bond motifs is 1. The van der Waals surface area contributed by atoms with Gasteiger partial charge in [0.15, 0.2) is 0 Å². The maximum Gasteiger partial charge on any atom is 0.252 e. The second-order valence-electron chi connectivity index (χ2n) is 9.27. The highest BCUT2D eigenvalue weighted by atomic mass is 35.5. The van der Waals surface area contributed by atoms with Crippen molar-refractivity contribution in [1.29, 1.82) is 0 Å². The van der Waals surface area contributed by atoms with E-state index in [1.165, 1.54) is 24.8 Å². The van der Waals surface area contributed by atoms with Gasteiger partial charge in [-0.25, -0.2) is 0 Å². The number of anilines is 1. The lowest BCUT2D eigenvalue weighted by atomic mass is 9.81. The second-order valence-corrected chi connectivity index (χ2v) is 9.71. The predicted octanol–water partition coefficient (Wildman–Crippen LogP) is 5.70. The Morgan fingerprint density at radius 3 is 2.52 bits per heavy atom. The molecule has 1 aliphatic carbocycles. The van der Waals surface area contributed by atoms with Crippen molar-refractivity contribution in [3.63, 3.8) is 0 Å². The van der Waals surface area contributed by atoms with Gasteiger partial charge < -0.3 is 5.32 Å². The first kappa shape index (κ1) is 20.7. The van der Waals surface area contributed by atoms with Crippen molar-refractivity contribution in [2.24, 2.45) is 10.9 Å². The maximum atomic E-state index is 13.5. The van der Waals surface area contributed by atoms with Gasteiger partial charge in [0, 0.05) is 47.5 Å². The molecule has 0 bridgehead atoms. The zero-order chi connectivity index (χ0) is 21.3. The Morgan fingerprint density at radius 1 is 1.03 bits per heavy atom. The molecule has 2 aromatic carbocycles. The van der Waals surface area contributed by atoms with Gasteiger partial charge in [-0.15, -0.1) is 0 Å². The van der Waals surface area contributed by atoms with E-state index in [1.54, 1.807) is 0 Å². The van der Waals surface area contributed by atoms with Crippen LogP contribution in [-0.4, -0.2) is 35.1 Å². The molecule has 2 aliphatic heterocycles. The molecule has 0 unspecified atom stereocenters. The number of nitrogens with one attached hydrogen (secondary N) is 1. The highest BCUT2D eigenvalue weighted by Gasteiger charge is 2.44. The molecule has 5 rings (SSSR count). The molecule has 1 N–H and O–H groups in total. The number of amides is 1. The number of hydrogen-bond acceptors (Lipinski definition) is 3. The topological polar surface area (TPSA) is 44.7 Å². The third-order valence-electron chi connectivity index (χ3n) is 7.19. The van der Waals surface area contributed by atoms with Crippen LogP contribution >= 0.6 is 11.6 Å². The molecule has 1 spiro atoms. The van der Waals surface area contributed by atoms with E-state index in [-0.39, 0.29) is 5.91 Å². The van der Waals surface area contributed by atoms with Gasteiger partial charge in [-0.05, 0) is 49.4 Å². The largest absolute Gasteiger partial charge is 0.323 e. The summed E-state index contributed by atoms with van der Waals surface area (Å²) in [4.78, 5) is 21.2. The number of halogens is 1. The van der Waals surface area contributed by atoms with Crippen LogP contribution in [0.1, 0.15) is 56.1 Å². The van der Waals surface area contributed by atoms with Crippen molar-refractivity contribution >= 4 is 28.9 Å². The van der Waals surface area contributed by atoms with Gasteiger partial charge in [-0.3, -0.25) is 14.7 Å². The van der Waals surface area contributed by atoms with Crippen molar-refractivity contribution in [1.82, 2.24) is 4.90 Å². The first-order valence-electron chi connectivity index (χ1n) is 11.6. The van der Waals surface area contributed by atoms with Crippen LogP contribution in [0.2, 0.25) is 5.02 Å². The van der Waals surface area contributed by atoms with Gasteiger partial charge in [0.05, 0.1) is 0 Å². The van der Waals surface area contributed by atoms with Crippen LogP contribution < -0.4 is 5.32 Å². The summed E-state index contributed by atoms with van der Waals surface area (Å²) in [6.07, 6.45) is 7.57. The molecule has 2 fully saturated rings. The molecule has 1 amide bonds.